The molecular formula is C16H32N2O4. The van der Waals surface area contributed by atoms with Gasteiger partial charge in [0, 0.05) is 39.9 Å². The van der Waals surface area contributed by atoms with E-state index in [4.69, 9.17) is 14.2 Å². The lowest BCUT2D eigenvalue weighted by Crippen LogP contribution is -2.42. The zero-order valence-corrected chi connectivity index (χ0v) is 14.5. The van der Waals surface area contributed by atoms with Gasteiger partial charge < -0.3 is 24.4 Å². The summed E-state index contributed by atoms with van der Waals surface area (Å²) in [7, 11) is 1.63. The molecule has 0 aromatic heterocycles. The fourth-order valence-corrected chi connectivity index (χ4v) is 2.31. The molecule has 1 fully saturated rings. The van der Waals surface area contributed by atoms with Gasteiger partial charge in [-0.05, 0) is 39.5 Å². The van der Waals surface area contributed by atoms with Gasteiger partial charge in [-0.2, -0.15) is 0 Å². The van der Waals surface area contributed by atoms with Crippen LogP contribution < -0.4 is 5.32 Å². The molecule has 0 bridgehead atoms. The molecule has 1 N–H and O–H groups in total. The van der Waals surface area contributed by atoms with Crippen molar-refractivity contribution in [3.63, 3.8) is 0 Å². The van der Waals surface area contributed by atoms with Gasteiger partial charge in [0.2, 0.25) is 0 Å². The predicted molar refractivity (Wildman–Crippen MR) is 86.1 cm³/mol. The van der Waals surface area contributed by atoms with Gasteiger partial charge in [0.15, 0.2) is 0 Å². The molecule has 0 saturated carbocycles. The molecular weight excluding hydrogens is 284 g/mol. The highest BCUT2D eigenvalue weighted by Gasteiger charge is 2.21. The number of nitrogens with one attached hydrogen (secondary N) is 1. The monoisotopic (exact) mass is 316 g/mol. The molecule has 1 saturated heterocycles. The second-order valence-corrected chi connectivity index (χ2v) is 6.75. The first-order chi connectivity index (χ1) is 10.4. The third-order valence-electron chi connectivity index (χ3n) is 3.46. The third kappa shape index (κ3) is 8.56. The van der Waals surface area contributed by atoms with Crippen molar-refractivity contribution in [2.45, 2.75) is 39.2 Å². The van der Waals surface area contributed by atoms with Crippen LogP contribution in [0.3, 0.4) is 0 Å². The lowest BCUT2D eigenvalue weighted by atomic mass is 10.0. The normalized spacial score (nSPS) is 19.0. The highest BCUT2D eigenvalue weighted by Crippen LogP contribution is 2.12. The molecule has 6 nitrogen and oxygen atoms in total. The summed E-state index contributed by atoms with van der Waals surface area (Å²) in [5, 5.41) is 3.41. The molecule has 1 amide bonds. The van der Waals surface area contributed by atoms with Crippen molar-refractivity contribution >= 4 is 6.09 Å². The molecule has 22 heavy (non-hydrogen) atoms. The Morgan fingerprint density at radius 3 is 2.73 bits per heavy atom. The number of nitrogens with zero attached hydrogens (tertiary/aromatic N) is 1. The molecule has 6 heteroatoms. The summed E-state index contributed by atoms with van der Waals surface area (Å²) in [5.41, 5.74) is -0.477. The summed E-state index contributed by atoms with van der Waals surface area (Å²) >= 11 is 0. The van der Waals surface area contributed by atoms with Gasteiger partial charge in [0.1, 0.15) is 5.60 Å². The van der Waals surface area contributed by atoms with Crippen molar-refractivity contribution < 1.29 is 19.0 Å². The number of hydrogen-bond donors (Lipinski definition) is 1. The number of ether oxygens (including phenoxy) is 3. The van der Waals surface area contributed by atoms with E-state index in [9.17, 15) is 4.79 Å². The standard InChI is InChI=1S/C16H32N2O4/c1-16(2,3)22-15(19)18(9-11-20-4)8-7-17-12-14-6-5-10-21-13-14/h14,17H,5-13H2,1-4H3. The molecule has 1 aliphatic heterocycles. The lowest BCUT2D eigenvalue weighted by Gasteiger charge is -2.28. The van der Waals surface area contributed by atoms with E-state index in [0.29, 0.717) is 25.6 Å². The quantitative estimate of drug-likeness (QED) is 0.693. The van der Waals surface area contributed by atoms with E-state index >= 15 is 0 Å². The number of carbonyl (C=O) groups excluding carboxylic acids is 1. The Morgan fingerprint density at radius 1 is 1.36 bits per heavy atom. The Bertz CT molecular complexity index is 312. The molecule has 1 heterocycles. The van der Waals surface area contributed by atoms with Crippen molar-refractivity contribution in [2.24, 2.45) is 5.92 Å². The maximum absolute atomic E-state index is 12.2. The van der Waals surface area contributed by atoms with Crippen molar-refractivity contribution in [3.8, 4) is 0 Å². The number of amides is 1. The molecule has 1 rings (SSSR count). The minimum absolute atomic E-state index is 0.285. The van der Waals surface area contributed by atoms with E-state index in [1.807, 2.05) is 20.8 Å². The highest BCUT2D eigenvalue weighted by molar-refractivity contribution is 5.68. The van der Waals surface area contributed by atoms with Crippen LogP contribution in [0.1, 0.15) is 33.6 Å². The van der Waals surface area contributed by atoms with E-state index in [2.05, 4.69) is 5.32 Å². The van der Waals surface area contributed by atoms with Gasteiger partial charge in [-0.1, -0.05) is 0 Å². The zero-order valence-electron chi connectivity index (χ0n) is 14.5. The van der Waals surface area contributed by atoms with E-state index in [1.54, 1.807) is 12.0 Å². The number of methoxy groups -OCH3 is 1. The summed E-state index contributed by atoms with van der Waals surface area (Å²) in [5.74, 6) is 0.586. The summed E-state index contributed by atoms with van der Waals surface area (Å²) in [6, 6.07) is 0. The average molecular weight is 316 g/mol. The smallest absolute Gasteiger partial charge is 0.410 e. The first-order valence-electron chi connectivity index (χ1n) is 8.17. The fourth-order valence-electron chi connectivity index (χ4n) is 2.31. The number of rotatable bonds is 8. The maximum Gasteiger partial charge on any atom is 0.410 e. The summed E-state index contributed by atoms with van der Waals surface area (Å²) < 4.78 is 16.0. The molecule has 1 aliphatic rings. The SMILES string of the molecule is COCCN(CCNCC1CCCOC1)C(=O)OC(C)(C)C. The van der Waals surface area contributed by atoms with Gasteiger partial charge in [0.05, 0.1) is 13.2 Å². The fraction of sp³-hybridized carbons (Fsp3) is 0.938. The summed E-state index contributed by atoms with van der Waals surface area (Å²) in [4.78, 5) is 13.9. The molecule has 130 valence electrons. The predicted octanol–water partition coefficient (Wildman–Crippen LogP) is 1.89. The minimum Gasteiger partial charge on any atom is -0.444 e. The number of carbonyl (C=O) groups is 1. The van der Waals surface area contributed by atoms with E-state index in [0.717, 1.165) is 32.7 Å². The van der Waals surface area contributed by atoms with Crippen molar-refractivity contribution in [1.29, 1.82) is 0 Å². The Labute approximate surface area is 134 Å². The molecule has 0 spiro atoms. The Hall–Kier alpha value is -0.850. The second kappa shape index (κ2) is 10.0. The van der Waals surface area contributed by atoms with Crippen molar-refractivity contribution in [2.75, 3.05) is 53.1 Å². The zero-order chi connectivity index (χ0) is 16.4. The highest BCUT2D eigenvalue weighted by atomic mass is 16.6. The largest absolute Gasteiger partial charge is 0.444 e. The van der Waals surface area contributed by atoms with Crippen LogP contribution in [0.4, 0.5) is 4.79 Å². The van der Waals surface area contributed by atoms with Gasteiger partial charge in [0.25, 0.3) is 0 Å². The topological polar surface area (TPSA) is 60.0 Å². The van der Waals surface area contributed by atoms with Crippen LogP contribution in [0.15, 0.2) is 0 Å². The van der Waals surface area contributed by atoms with Gasteiger partial charge >= 0.3 is 6.09 Å². The first kappa shape index (κ1) is 19.2. The third-order valence-corrected chi connectivity index (χ3v) is 3.46. The molecule has 0 aliphatic carbocycles. The van der Waals surface area contributed by atoms with Crippen LogP contribution in [0.5, 0.6) is 0 Å². The van der Waals surface area contributed by atoms with Gasteiger partial charge in [-0.25, -0.2) is 4.79 Å². The Morgan fingerprint density at radius 2 is 2.14 bits per heavy atom. The minimum atomic E-state index is -0.477. The Kier molecular flexibility index (Phi) is 8.75. The number of hydrogen-bond acceptors (Lipinski definition) is 5. The molecule has 1 unspecified atom stereocenters. The van der Waals surface area contributed by atoms with Crippen LogP contribution in [-0.4, -0.2) is 69.7 Å². The summed E-state index contributed by atoms with van der Waals surface area (Å²) in [6.07, 6.45) is 2.07. The first-order valence-corrected chi connectivity index (χ1v) is 8.17. The second-order valence-electron chi connectivity index (χ2n) is 6.75. The molecule has 0 aromatic rings. The Balaban J connectivity index is 2.29. The molecule has 0 aromatic carbocycles. The van der Waals surface area contributed by atoms with E-state index < -0.39 is 5.60 Å². The van der Waals surface area contributed by atoms with Crippen LogP contribution in [-0.2, 0) is 14.2 Å². The molecule has 0 radical (unpaired) electrons. The van der Waals surface area contributed by atoms with Crippen LogP contribution >= 0.6 is 0 Å². The van der Waals surface area contributed by atoms with E-state index in [-0.39, 0.29) is 6.09 Å². The summed E-state index contributed by atoms with van der Waals surface area (Å²) in [6.45, 7) is 10.7. The van der Waals surface area contributed by atoms with Gasteiger partial charge in [-0.15, -0.1) is 0 Å². The van der Waals surface area contributed by atoms with Crippen molar-refractivity contribution in [1.82, 2.24) is 10.2 Å². The van der Waals surface area contributed by atoms with Gasteiger partial charge in [-0.3, -0.25) is 0 Å². The molecule has 1 atom stereocenters. The van der Waals surface area contributed by atoms with Crippen LogP contribution in [0.2, 0.25) is 0 Å². The average Bonchev–Trinajstić information content (AvgIpc) is 2.45. The maximum atomic E-state index is 12.2. The van der Waals surface area contributed by atoms with Crippen LogP contribution in [0.25, 0.3) is 0 Å². The van der Waals surface area contributed by atoms with E-state index in [1.165, 1.54) is 6.42 Å². The van der Waals surface area contributed by atoms with Crippen molar-refractivity contribution in [3.05, 3.63) is 0 Å². The van der Waals surface area contributed by atoms with Crippen LogP contribution in [0, 0.1) is 5.92 Å². The lowest BCUT2D eigenvalue weighted by molar-refractivity contribution is 0.0200.